The lowest BCUT2D eigenvalue weighted by molar-refractivity contribution is 0.669. The van der Waals surface area contributed by atoms with E-state index in [1.807, 2.05) is 60.7 Å². The molecule has 4 nitrogen and oxygen atoms in total. The standard InChI is InChI=1S/C45H27N3O/c1-2-11-28(12-3-1)43-46-44(48-45(47-43)39-20-10-22-41-42(39)38-15-6-7-21-40(38)49-41)37-19-9-17-35-34(16-8-18-36(35)37)32-24-23-31-25-29-13-4-5-14-30(29)26-33(31)27-32/h1-27H. The molecule has 0 aliphatic rings. The van der Waals surface area contributed by atoms with E-state index in [1.54, 1.807) is 0 Å². The van der Waals surface area contributed by atoms with Crippen molar-refractivity contribution in [1.29, 1.82) is 0 Å². The first-order valence-electron chi connectivity index (χ1n) is 16.4. The van der Waals surface area contributed by atoms with E-state index in [2.05, 4.69) is 103 Å². The molecule has 10 rings (SSSR count). The maximum absolute atomic E-state index is 6.23. The summed E-state index contributed by atoms with van der Waals surface area (Å²) in [6, 6.07) is 57.0. The number of hydrogen-bond acceptors (Lipinski definition) is 4. The molecule has 0 saturated heterocycles. The van der Waals surface area contributed by atoms with Gasteiger partial charge in [0.2, 0.25) is 0 Å². The summed E-state index contributed by atoms with van der Waals surface area (Å²) in [5, 5.41) is 9.21. The summed E-state index contributed by atoms with van der Waals surface area (Å²) in [5.74, 6) is 1.86. The third-order valence-electron chi connectivity index (χ3n) is 9.49. The smallest absolute Gasteiger partial charge is 0.164 e. The van der Waals surface area contributed by atoms with Crippen LogP contribution >= 0.6 is 0 Å². The van der Waals surface area contributed by atoms with Crippen molar-refractivity contribution in [1.82, 2.24) is 15.0 Å². The van der Waals surface area contributed by atoms with Gasteiger partial charge in [-0.05, 0) is 73.8 Å². The van der Waals surface area contributed by atoms with E-state index in [-0.39, 0.29) is 0 Å². The number of hydrogen-bond donors (Lipinski definition) is 0. The highest BCUT2D eigenvalue weighted by Crippen LogP contribution is 2.39. The van der Waals surface area contributed by atoms with Gasteiger partial charge in [0.25, 0.3) is 0 Å². The second-order valence-electron chi connectivity index (χ2n) is 12.4. The zero-order valence-electron chi connectivity index (χ0n) is 26.3. The predicted molar refractivity (Wildman–Crippen MR) is 201 cm³/mol. The molecule has 0 saturated carbocycles. The van der Waals surface area contributed by atoms with E-state index in [0.29, 0.717) is 17.5 Å². The van der Waals surface area contributed by atoms with Gasteiger partial charge in [0.05, 0.1) is 0 Å². The highest BCUT2D eigenvalue weighted by molar-refractivity contribution is 6.12. The zero-order valence-corrected chi connectivity index (χ0v) is 26.3. The molecule has 0 amide bonds. The van der Waals surface area contributed by atoms with Crippen LogP contribution in [-0.4, -0.2) is 15.0 Å². The Kier molecular flexibility index (Phi) is 6.15. The highest BCUT2D eigenvalue weighted by Gasteiger charge is 2.19. The SMILES string of the molecule is c1ccc(-c2nc(-c3cccc4c(-c5ccc6cc7ccccc7cc6c5)cccc34)nc(-c3cccc4oc5ccccc5c34)n2)cc1. The van der Waals surface area contributed by atoms with Crippen LogP contribution < -0.4 is 0 Å². The molecular formula is C45H27N3O. The Bertz CT molecular complexity index is 2890. The molecule has 49 heavy (non-hydrogen) atoms. The monoisotopic (exact) mass is 625 g/mol. The van der Waals surface area contributed by atoms with Crippen LogP contribution in [0.3, 0.4) is 0 Å². The van der Waals surface area contributed by atoms with Gasteiger partial charge in [-0.2, -0.15) is 0 Å². The summed E-state index contributed by atoms with van der Waals surface area (Å²) in [4.78, 5) is 15.4. The molecule has 0 unspecified atom stereocenters. The van der Waals surface area contributed by atoms with Gasteiger partial charge in [-0.3, -0.25) is 0 Å². The molecular weight excluding hydrogens is 599 g/mol. The zero-order chi connectivity index (χ0) is 32.3. The number of fused-ring (bicyclic) bond motifs is 6. The first-order chi connectivity index (χ1) is 24.3. The lowest BCUT2D eigenvalue weighted by Gasteiger charge is -2.13. The largest absolute Gasteiger partial charge is 0.456 e. The second kappa shape index (κ2) is 11.0. The minimum Gasteiger partial charge on any atom is -0.456 e. The molecule has 10 aromatic rings. The molecule has 2 heterocycles. The van der Waals surface area contributed by atoms with Crippen LogP contribution in [0.15, 0.2) is 168 Å². The molecule has 0 atom stereocenters. The predicted octanol–water partition coefficient (Wildman–Crippen LogP) is 11.9. The Balaban J connectivity index is 1.18. The van der Waals surface area contributed by atoms with E-state index in [1.165, 1.54) is 32.7 Å². The van der Waals surface area contributed by atoms with Gasteiger partial charge in [0, 0.05) is 27.5 Å². The quantitative estimate of drug-likeness (QED) is 0.183. The van der Waals surface area contributed by atoms with E-state index >= 15 is 0 Å². The van der Waals surface area contributed by atoms with Crippen molar-refractivity contribution in [2.45, 2.75) is 0 Å². The van der Waals surface area contributed by atoms with Crippen LogP contribution in [0.25, 0.3) is 99.5 Å². The lowest BCUT2D eigenvalue weighted by atomic mass is 9.93. The highest BCUT2D eigenvalue weighted by atomic mass is 16.3. The topological polar surface area (TPSA) is 51.8 Å². The minimum absolute atomic E-state index is 0.607. The van der Waals surface area contributed by atoms with Gasteiger partial charge >= 0.3 is 0 Å². The number of benzene rings is 8. The van der Waals surface area contributed by atoms with Crippen molar-refractivity contribution in [2.75, 3.05) is 0 Å². The summed E-state index contributed by atoms with van der Waals surface area (Å²) in [6.45, 7) is 0. The third-order valence-corrected chi connectivity index (χ3v) is 9.49. The fourth-order valence-corrected chi connectivity index (χ4v) is 7.16. The van der Waals surface area contributed by atoms with Gasteiger partial charge < -0.3 is 4.42 Å². The molecule has 0 fully saturated rings. The van der Waals surface area contributed by atoms with Crippen molar-refractivity contribution < 1.29 is 4.42 Å². The summed E-state index contributed by atoms with van der Waals surface area (Å²) < 4.78 is 6.23. The average Bonchev–Trinajstić information content (AvgIpc) is 3.55. The summed E-state index contributed by atoms with van der Waals surface area (Å²) in [7, 11) is 0. The van der Waals surface area contributed by atoms with Crippen LogP contribution in [0.2, 0.25) is 0 Å². The molecule has 8 aromatic carbocycles. The van der Waals surface area contributed by atoms with Crippen LogP contribution in [0, 0.1) is 0 Å². The Labute approximate surface area is 282 Å². The Hall–Kier alpha value is -6.65. The molecule has 0 aliphatic heterocycles. The maximum Gasteiger partial charge on any atom is 0.164 e. The van der Waals surface area contributed by atoms with Gasteiger partial charge in [0.15, 0.2) is 17.5 Å². The number of nitrogens with zero attached hydrogens (tertiary/aromatic N) is 3. The fraction of sp³-hybridized carbons (Fsp3) is 0. The third kappa shape index (κ3) is 4.57. The van der Waals surface area contributed by atoms with E-state index in [0.717, 1.165) is 49.4 Å². The molecule has 0 bridgehead atoms. The molecule has 0 aliphatic carbocycles. The Morgan fingerprint density at radius 1 is 0.327 bits per heavy atom. The molecule has 4 heteroatoms. The van der Waals surface area contributed by atoms with Crippen molar-refractivity contribution in [2.24, 2.45) is 0 Å². The number of furan rings is 1. The van der Waals surface area contributed by atoms with Gasteiger partial charge in [-0.15, -0.1) is 0 Å². The number of aromatic nitrogens is 3. The maximum atomic E-state index is 6.23. The summed E-state index contributed by atoms with van der Waals surface area (Å²) >= 11 is 0. The molecule has 0 radical (unpaired) electrons. The minimum atomic E-state index is 0.607. The summed E-state index contributed by atoms with van der Waals surface area (Å²) in [5.41, 5.74) is 6.78. The molecule has 228 valence electrons. The number of para-hydroxylation sites is 1. The first kappa shape index (κ1) is 27.5. The second-order valence-corrected chi connectivity index (χ2v) is 12.4. The van der Waals surface area contributed by atoms with Crippen LogP contribution in [0.5, 0.6) is 0 Å². The van der Waals surface area contributed by atoms with E-state index in [4.69, 9.17) is 19.4 Å². The van der Waals surface area contributed by atoms with Crippen molar-refractivity contribution >= 4 is 54.3 Å². The normalized spacial score (nSPS) is 11.7. The van der Waals surface area contributed by atoms with Crippen LogP contribution in [0.1, 0.15) is 0 Å². The lowest BCUT2D eigenvalue weighted by Crippen LogP contribution is -2.01. The molecule has 2 aromatic heterocycles. The average molecular weight is 626 g/mol. The van der Waals surface area contributed by atoms with E-state index < -0.39 is 0 Å². The van der Waals surface area contributed by atoms with Gasteiger partial charge in [-0.25, -0.2) is 15.0 Å². The Morgan fingerprint density at radius 3 is 1.73 bits per heavy atom. The van der Waals surface area contributed by atoms with Crippen LogP contribution in [0.4, 0.5) is 0 Å². The van der Waals surface area contributed by atoms with Crippen molar-refractivity contribution in [3.8, 4) is 45.3 Å². The van der Waals surface area contributed by atoms with Crippen molar-refractivity contribution in [3.05, 3.63) is 164 Å². The molecule has 0 spiro atoms. The number of rotatable bonds is 4. The Morgan fingerprint density at radius 2 is 0.898 bits per heavy atom. The van der Waals surface area contributed by atoms with E-state index in [9.17, 15) is 0 Å². The van der Waals surface area contributed by atoms with Crippen molar-refractivity contribution in [3.63, 3.8) is 0 Å². The van der Waals surface area contributed by atoms with Crippen LogP contribution in [-0.2, 0) is 0 Å². The molecule has 0 N–H and O–H groups in total. The first-order valence-corrected chi connectivity index (χ1v) is 16.4. The van der Waals surface area contributed by atoms with Gasteiger partial charge in [0.1, 0.15) is 11.2 Å². The summed E-state index contributed by atoms with van der Waals surface area (Å²) in [6.07, 6.45) is 0. The van der Waals surface area contributed by atoms with Gasteiger partial charge in [-0.1, -0.05) is 133 Å². The fourth-order valence-electron chi connectivity index (χ4n) is 7.16.